The molecule has 1 N–H and O–H groups in total. The van der Waals surface area contributed by atoms with Gasteiger partial charge >= 0.3 is 5.97 Å². The first-order valence-electron chi connectivity index (χ1n) is 3.43. The number of carboxylic acids is 1. The zero-order valence-corrected chi connectivity index (χ0v) is 7.30. The van der Waals surface area contributed by atoms with E-state index in [9.17, 15) is 4.79 Å². The molecule has 0 unspecified atom stereocenters. The first kappa shape index (κ1) is 9.00. The third-order valence-electron chi connectivity index (χ3n) is 1.49. The average Bonchev–Trinajstić information content (AvgIpc) is 1.96. The lowest BCUT2D eigenvalue weighted by molar-refractivity contribution is -0.136. The fourth-order valence-corrected chi connectivity index (χ4v) is 1.03. The number of hydrogen-bond donors (Lipinski definition) is 1. The van der Waals surface area contributed by atoms with E-state index >= 15 is 0 Å². The van der Waals surface area contributed by atoms with Gasteiger partial charge in [0.1, 0.15) is 5.15 Å². The number of halogens is 1. The number of carboxylic acid groups (broad SMARTS) is 1. The van der Waals surface area contributed by atoms with E-state index in [0.29, 0.717) is 10.8 Å². The number of rotatable bonds is 2. The van der Waals surface area contributed by atoms with E-state index in [1.54, 1.807) is 12.1 Å². The van der Waals surface area contributed by atoms with Gasteiger partial charge < -0.3 is 5.11 Å². The Kier molecular flexibility index (Phi) is 2.65. The lowest BCUT2D eigenvalue weighted by Gasteiger charge is -2.00. The molecule has 0 fully saturated rings. The summed E-state index contributed by atoms with van der Waals surface area (Å²) >= 11 is 5.60. The number of aromatic nitrogens is 1. The SMILES string of the molecule is Cc1ccc(Cl)nc1CC(=O)O. The normalized spacial score (nSPS) is 9.83. The summed E-state index contributed by atoms with van der Waals surface area (Å²) in [5, 5.41) is 8.83. The van der Waals surface area contributed by atoms with Crippen molar-refractivity contribution < 1.29 is 9.90 Å². The Balaban J connectivity index is 2.97. The van der Waals surface area contributed by atoms with Gasteiger partial charge in [-0.2, -0.15) is 0 Å². The summed E-state index contributed by atoms with van der Waals surface area (Å²) in [6.45, 7) is 1.81. The average molecular weight is 186 g/mol. The summed E-state index contributed by atoms with van der Waals surface area (Å²) in [5.41, 5.74) is 1.37. The van der Waals surface area contributed by atoms with Gasteiger partial charge in [-0.3, -0.25) is 4.79 Å². The maximum Gasteiger partial charge on any atom is 0.309 e. The summed E-state index contributed by atoms with van der Waals surface area (Å²) in [4.78, 5) is 14.2. The van der Waals surface area contributed by atoms with Gasteiger partial charge in [-0.25, -0.2) is 4.98 Å². The third kappa shape index (κ3) is 2.20. The van der Waals surface area contributed by atoms with Gasteiger partial charge in [-0.05, 0) is 18.6 Å². The first-order chi connectivity index (χ1) is 5.59. The second-order valence-electron chi connectivity index (χ2n) is 2.47. The minimum absolute atomic E-state index is 0.0770. The van der Waals surface area contributed by atoms with Crippen LogP contribution in [0.4, 0.5) is 0 Å². The van der Waals surface area contributed by atoms with Gasteiger partial charge in [-0.15, -0.1) is 0 Å². The fraction of sp³-hybridized carbons (Fsp3) is 0.250. The van der Waals surface area contributed by atoms with Gasteiger partial charge in [0.25, 0.3) is 0 Å². The van der Waals surface area contributed by atoms with E-state index in [1.165, 1.54) is 0 Å². The molecule has 0 saturated heterocycles. The number of hydrogen-bond acceptors (Lipinski definition) is 2. The molecular formula is C8H8ClNO2. The molecule has 0 radical (unpaired) electrons. The van der Waals surface area contributed by atoms with Gasteiger partial charge in [0.05, 0.1) is 12.1 Å². The van der Waals surface area contributed by atoms with E-state index in [0.717, 1.165) is 5.56 Å². The summed E-state index contributed by atoms with van der Waals surface area (Å²) in [5.74, 6) is -0.895. The van der Waals surface area contributed by atoms with Gasteiger partial charge in [-0.1, -0.05) is 17.7 Å². The Bertz CT molecular complexity index is 312. The zero-order chi connectivity index (χ0) is 9.14. The van der Waals surface area contributed by atoms with Crippen molar-refractivity contribution in [1.82, 2.24) is 4.98 Å². The van der Waals surface area contributed by atoms with E-state index in [1.807, 2.05) is 6.92 Å². The predicted octanol–water partition coefficient (Wildman–Crippen LogP) is 1.67. The number of carbonyl (C=O) groups is 1. The van der Waals surface area contributed by atoms with Crippen LogP contribution in [-0.4, -0.2) is 16.1 Å². The van der Waals surface area contributed by atoms with Crippen LogP contribution in [0.25, 0.3) is 0 Å². The van der Waals surface area contributed by atoms with E-state index < -0.39 is 5.97 Å². The Morgan fingerprint density at radius 2 is 2.33 bits per heavy atom. The zero-order valence-electron chi connectivity index (χ0n) is 6.54. The van der Waals surface area contributed by atoms with E-state index in [4.69, 9.17) is 16.7 Å². The summed E-state index contributed by atoms with van der Waals surface area (Å²) < 4.78 is 0. The number of nitrogens with zero attached hydrogens (tertiary/aromatic N) is 1. The smallest absolute Gasteiger partial charge is 0.309 e. The highest BCUT2D eigenvalue weighted by atomic mass is 35.5. The Hall–Kier alpha value is -1.09. The molecule has 0 amide bonds. The van der Waals surface area contributed by atoms with Crippen molar-refractivity contribution in [3.63, 3.8) is 0 Å². The molecule has 1 rings (SSSR count). The Labute approximate surface area is 75.0 Å². The van der Waals surface area contributed by atoms with Crippen LogP contribution in [0, 0.1) is 6.92 Å². The lowest BCUT2D eigenvalue weighted by Crippen LogP contribution is -2.04. The molecule has 1 aromatic rings. The maximum absolute atomic E-state index is 10.3. The summed E-state index contributed by atoms with van der Waals surface area (Å²) in [7, 11) is 0. The van der Waals surface area contributed by atoms with Crippen LogP contribution in [-0.2, 0) is 11.2 Å². The van der Waals surface area contributed by atoms with Crippen LogP contribution in [0.1, 0.15) is 11.3 Å². The predicted molar refractivity (Wildman–Crippen MR) is 45.3 cm³/mol. The molecule has 0 spiro atoms. The van der Waals surface area contributed by atoms with Crippen LogP contribution < -0.4 is 0 Å². The first-order valence-corrected chi connectivity index (χ1v) is 3.81. The molecule has 0 aliphatic rings. The largest absolute Gasteiger partial charge is 0.481 e. The minimum atomic E-state index is -0.895. The van der Waals surface area contributed by atoms with Gasteiger partial charge in [0.15, 0.2) is 0 Å². The molecule has 4 heteroatoms. The Morgan fingerprint density at radius 3 is 2.92 bits per heavy atom. The van der Waals surface area contributed by atoms with Crippen LogP contribution in [0.15, 0.2) is 12.1 Å². The fourth-order valence-electron chi connectivity index (χ4n) is 0.867. The highest BCUT2D eigenvalue weighted by molar-refractivity contribution is 6.29. The highest BCUT2D eigenvalue weighted by Crippen LogP contribution is 2.10. The molecule has 0 atom stereocenters. The third-order valence-corrected chi connectivity index (χ3v) is 1.70. The molecule has 64 valence electrons. The van der Waals surface area contributed by atoms with Crippen molar-refractivity contribution in [3.05, 3.63) is 28.5 Å². The number of pyridine rings is 1. The monoisotopic (exact) mass is 185 g/mol. The van der Waals surface area contributed by atoms with Crippen molar-refractivity contribution in [2.45, 2.75) is 13.3 Å². The highest BCUT2D eigenvalue weighted by Gasteiger charge is 2.05. The Morgan fingerprint density at radius 1 is 1.67 bits per heavy atom. The van der Waals surface area contributed by atoms with Crippen molar-refractivity contribution in [2.75, 3.05) is 0 Å². The van der Waals surface area contributed by atoms with Crippen LogP contribution in [0.5, 0.6) is 0 Å². The molecule has 0 aliphatic heterocycles. The quantitative estimate of drug-likeness (QED) is 0.714. The maximum atomic E-state index is 10.3. The van der Waals surface area contributed by atoms with Crippen LogP contribution in [0.2, 0.25) is 5.15 Å². The van der Waals surface area contributed by atoms with Crippen molar-refractivity contribution in [1.29, 1.82) is 0 Å². The molecule has 0 saturated carbocycles. The van der Waals surface area contributed by atoms with Crippen LogP contribution >= 0.6 is 11.6 Å². The standard InChI is InChI=1S/C8H8ClNO2/c1-5-2-3-7(9)10-6(5)4-8(11)12/h2-3H,4H2,1H3,(H,11,12). The molecule has 12 heavy (non-hydrogen) atoms. The molecule has 3 nitrogen and oxygen atoms in total. The lowest BCUT2D eigenvalue weighted by atomic mass is 10.2. The molecule has 1 aromatic heterocycles. The molecule has 1 heterocycles. The van der Waals surface area contributed by atoms with E-state index in [-0.39, 0.29) is 6.42 Å². The summed E-state index contributed by atoms with van der Waals surface area (Å²) in [6.07, 6.45) is -0.0770. The molecule has 0 aromatic carbocycles. The number of aryl methyl sites for hydroxylation is 1. The molecular weight excluding hydrogens is 178 g/mol. The number of aliphatic carboxylic acids is 1. The minimum Gasteiger partial charge on any atom is -0.481 e. The summed E-state index contributed by atoms with van der Waals surface area (Å²) in [6, 6.07) is 3.40. The van der Waals surface area contributed by atoms with Gasteiger partial charge in [0.2, 0.25) is 0 Å². The second kappa shape index (κ2) is 3.54. The van der Waals surface area contributed by atoms with E-state index in [2.05, 4.69) is 4.98 Å². The van der Waals surface area contributed by atoms with Crippen molar-refractivity contribution in [2.24, 2.45) is 0 Å². The molecule has 0 bridgehead atoms. The van der Waals surface area contributed by atoms with Gasteiger partial charge in [0, 0.05) is 0 Å². The second-order valence-corrected chi connectivity index (χ2v) is 2.86. The topological polar surface area (TPSA) is 50.2 Å². The molecule has 0 aliphatic carbocycles. The van der Waals surface area contributed by atoms with Crippen LogP contribution in [0.3, 0.4) is 0 Å². The van der Waals surface area contributed by atoms with Crippen molar-refractivity contribution in [3.8, 4) is 0 Å². The van der Waals surface area contributed by atoms with Crippen molar-refractivity contribution >= 4 is 17.6 Å².